The number of rotatable bonds is 7. The van der Waals surface area contributed by atoms with Gasteiger partial charge < -0.3 is 10.4 Å². The van der Waals surface area contributed by atoms with Crippen LogP contribution in [0.3, 0.4) is 0 Å². The monoisotopic (exact) mass is 279 g/mol. The molecule has 0 aromatic heterocycles. The van der Waals surface area contributed by atoms with Crippen LogP contribution in [-0.4, -0.2) is 30.1 Å². The number of likely N-dealkylation sites (N-methyl/N-ethyl adjacent to an activating group) is 1. The van der Waals surface area contributed by atoms with Gasteiger partial charge in [0.2, 0.25) is 0 Å². The van der Waals surface area contributed by atoms with E-state index in [2.05, 4.69) is 30.4 Å². The van der Waals surface area contributed by atoms with Gasteiger partial charge in [0.1, 0.15) is 0 Å². The van der Waals surface area contributed by atoms with Gasteiger partial charge in [-0.25, -0.2) is 0 Å². The molecule has 1 aliphatic rings. The van der Waals surface area contributed by atoms with E-state index in [1.54, 1.807) is 11.1 Å². The van der Waals surface area contributed by atoms with Gasteiger partial charge in [-0.05, 0) is 75.1 Å². The van der Waals surface area contributed by atoms with E-state index >= 15 is 0 Å². The number of hydrogen-bond donors (Lipinski definition) is 2. The molecule has 1 aromatic rings. The van der Waals surface area contributed by atoms with Crippen LogP contribution in [0.4, 0.5) is 0 Å². The summed E-state index contributed by atoms with van der Waals surface area (Å²) in [5.41, 5.74) is 2.98. The van der Waals surface area contributed by atoms with Crippen LogP contribution in [0.2, 0.25) is 0 Å². The van der Waals surface area contributed by atoms with E-state index in [9.17, 15) is 5.11 Å². The van der Waals surface area contributed by atoms with Gasteiger partial charge in [0.15, 0.2) is 0 Å². The average Bonchev–Trinajstić information content (AvgIpc) is 2.91. The van der Waals surface area contributed by atoms with Gasteiger partial charge in [0.05, 0.1) is 6.61 Å². The van der Waals surface area contributed by atoms with E-state index in [0.717, 1.165) is 18.6 Å². The number of hydrogen-bond acceptors (Lipinski definition) is 3. The average molecular weight is 279 g/mol. The second-order valence-corrected chi connectivity index (χ2v) is 6.87. The lowest BCUT2D eigenvalue weighted by molar-refractivity contribution is 0.173. The third-order valence-electron chi connectivity index (χ3n) is 4.16. The third-order valence-corrected chi connectivity index (χ3v) is 5.24. The molecule has 1 aliphatic carbocycles. The Morgan fingerprint density at radius 1 is 1.32 bits per heavy atom. The fraction of sp³-hybridized carbons (Fsp3) is 0.625. The van der Waals surface area contributed by atoms with Crippen LogP contribution >= 0.6 is 11.8 Å². The predicted molar refractivity (Wildman–Crippen MR) is 83.0 cm³/mol. The topological polar surface area (TPSA) is 32.3 Å². The van der Waals surface area contributed by atoms with E-state index in [0.29, 0.717) is 0 Å². The van der Waals surface area contributed by atoms with Crippen LogP contribution in [0, 0.1) is 0 Å². The Labute approximate surface area is 121 Å². The molecule has 1 unspecified atom stereocenters. The van der Waals surface area contributed by atoms with Gasteiger partial charge in [-0.15, -0.1) is 11.8 Å². The van der Waals surface area contributed by atoms with Crippen molar-refractivity contribution in [2.45, 2.75) is 49.5 Å². The zero-order valence-corrected chi connectivity index (χ0v) is 12.9. The second kappa shape index (κ2) is 6.78. The summed E-state index contributed by atoms with van der Waals surface area (Å²) >= 11 is 1.94. The Morgan fingerprint density at radius 2 is 2.11 bits per heavy atom. The van der Waals surface area contributed by atoms with Crippen LogP contribution in [0.5, 0.6) is 0 Å². The van der Waals surface area contributed by atoms with Crippen LogP contribution in [0.25, 0.3) is 0 Å². The van der Waals surface area contributed by atoms with Crippen molar-refractivity contribution in [1.29, 1.82) is 0 Å². The highest BCUT2D eigenvalue weighted by atomic mass is 32.2. The fourth-order valence-electron chi connectivity index (χ4n) is 2.57. The number of benzene rings is 1. The first kappa shape index (κ1) is 14.9. The standard InChI is InChI=1S/C16H25NOS/c1-16(12-18,17-2)9-4-10-19-15-8-7-13-5-3-6-14(13)11-15/h7-8,11,17-18H,3-6,9-10,12H2,1-2H3. The number of aliphatic hydroxyl groups excluding tert-OH is 1. The van der Waals surface area contributed by atoms with Crippen molar-refractivity contribution in [3.63, 3.8) is 0 Å². The van der Waals surface area contributed by atoms with E-state index in [-0.39, 0.29) is 12.1 Å². The molecule has 0 saturated carbocycles. The third kappa shape index (κ3) is 3.98. The molecule has 1 aromatic carbocycles. The quantitative estimate of drug-likeness (QED) is 0.594. The van der Waals surface area contributed by atoms with Crippen molar-refractivity contribution in [2.24, 2.45) is 0 Å². The van der Waals surface area contributed by atoms with Crippen molar-refractivity contribution >= 4 is 11.8 Å². The molecule has 0 bridgehead atoms. The molecule has 0 radical (unpaired) electrons. The summed E-state index contributed by atoms with van der Waals surface area (Å²) in [6.07, 6.45) is 5.97. The molecule has 3 heteroatoms. The van der Waals surface area contributed by atoms with Gasteiger partial charge in [-0.3, -0.25) is 0 Å². The molecule has 0 amide bonds. The van der Waals surface area contributed by atoms with Crippen molar-refractivity contribution in [3.8, 4) is 0 Å². The largest absolute Gasteiger partial charge is 0.394 e. The van der Waals surface area contributed by atoms with Crippen molar-refractivity contribution in [2.75, 3.05) is 19.4 Å². The van der Waals surface area contributed by atoms with Gasteiger partial charge in [0, 0.05) is 10.4 Å². The van der Waals surface area contributed by atoms with Crippen molar-refractivity contribution < 1.29 is 5.11 Å². The summed E-state index contributed by atoms with van der Waals surface area (Å²) in [5.74, 6) is 1.12. The lowest BCUT2D eigenvalue weighted by Gasteiger charge is -2.26. The second-order valence-electron chi connectivity index (χ2n) is 5.70. The van der Waals surface area contributed by atoms with E-state index in [1.165, 1.54) is 24.2 Å². The number of thioether (sulfide) groups is 1. The molecule has 2 rings (SSSR count). The Bertz CT molecular complexity index is 415. The summed E-state index contributed by atoms with van der Waals surface area (Å²) in [6, 6.07) is 6.94. The normalized spacial score (nSPS) is 17.2. The number of aliphatic hydroxyl groups is 1. The van der Waals surface area contributed by atoms with Gasteiger partial charge in [-0.2, -0.15) is 0 Å². The van der Waals surface area contributed by atoms with Crippen molar-refractivity contribution in [1.82, 2.24) is 5.32 Å². The first-order chi connectivity index (χ1) is 9.17. The molecule has 2 nitrogen and oxygen atoms in total. The maximum atomic E-state index is 9.34. The molecule has 106 valence electrons. The van der Waals surface area contributed by atoms with Crippen LogP contribution < -0.4 is 5.32 Å². The molecular formula is C16H25NOS. The maximum absolute atomic E-state index is 9.34. The van der Waals surface area contributed by atoms with E-state index < -0.39 is 0 Å². The number of fused-ring (bicyclic) bond motifs is 1. The summed E-state index contributed by atoms with van der Waals surface area (Å²) in [7, 11) is 1.92. The van der Waals surface area contributed by atoms with Crippen LogP contribution in [0.15, 0.2) is 23.1 Å². The Kier molecular flexibility index (Phi) is 5.31. The first-order valence-corrected chi connectivity index (χ1v) is 8.20. The van der Waals surface area contributed by atoms with Crippen molar-refractivity contribution in [3.05, 3.63) is 29.3 Å². The SMILES string of the molecule is CNC(C)(CO)CCCSc1ccc2c(c1)CCC2. The Hall–Kier alpha value is -0.510. The molecule has 19 heavy (non-hydrogen) atoms. The molecule has 0 spiro atoms. The zero-order chi connectivity index (χ0) is 13.7. The highest BCUT2D eigenvalue weighted by molar-refractivity contribution is 7.99. The lowest BCUT2D eigenvalue weighted by atomic mass is 9.98. The lowest BCUT2D eigenvalue weighted by Crippen LogP contribution is -2.43. The Balaban J connectivity index is 1.77. The number of aryl methyl sites for hydroxylation is 2. The van der Waals surface area contributed by atoms with E-state index in [4.69, 9.17) is 0 Å². The smallest absolute Gasteiger partial charge is 0.0610 e. The minimum absolute atomic E-state index is 0.126. The molecule has 0 saturated heterocycles. The summed E-state index contributed by atoms with van der Waals surface area (Å²) in [4.78, 5) is 1.40. The summed E-state index contributed by atoms with van der Waals surface area (Å²) in [5, 5.41) is 12.5. The molecule has 0 heterocycles. The van der Waals surface area contributed by atoms with Crippen LogP contribution in [0.1, 0.15) is 37.3 Å². The Morgan fingerprint density at radius 3 is 2.84 bits per heavy atom. The summed E-state index contributed by atoms with van der Waals surface area (Å²) < 4.78 is 0. The molecule has 1 atom stereocenters. The summed E-state index contributed by atoms with van der Waals surface area (Å²) in [6.45, 7) is 2.28. The molecule has 0 aliphatic heterocycles. The minimum Gasteiger partial charge on any atom is -0.394 e. The molecule has 0 fully saturated rings. The number of nitrogens with one attached hydrogen (secondary N) is 1. The molecular weight excluding hydrogens is 254 g/mol. The zero-order valence-electron chi connectivity index (χ0n) is 12.0. The minimum atomic E-state index is -0.126. The highest BCUT2D eigenvalue weighted by Crippen LogP contribution is 2.28. The molecule has 2 N–H and O–H groups in total. The first-order valence-electron chi connectivity index (χ1n) is 7.21. The van der Waals surface area contributed by atoms with Gasteiger partial charge >= 0.3 is 0 Å². The van der Waals surface area contributed by atoms with Crippen LogP contribution in [-0.2, 0) is 12.8 Å². The highest BCUT2D eigenvalue weighted by Gasteiger charge is 2.19. The van der Waals surface area contributed by atoms with Gasteiger partial charge in [-0.1, -0.05) is 6.07 Å². The van der Waals surface area contributed by atoms with Gasteiger partial charge in [0.25, 0.3) is 0 Å². The van der Waals surface area contributed by atoms with E-state index in [1.807, 2.05) is 18.8 Å². The predicted octanol–water partition coefficient (Wildman–Crippen LogP) is 3.02. The maximum Gasteiger partial charge on any atom is 0.0610 e. The fourth-order valence-corrected chi connectivity index (χ4v) is 3.49.